The van der Waals surface area contributed by atoms with Crippen LogP contribution in [0.4, 0.5) is 0 Å². The van der Waals surface area contributed by atoms with Crippen molar-refractivity contribution >= 4 is 0 Å². The van der Waals surface area contributed by atoms with E-state index >= 15 is 0 Å². The van der Waals surface area contributed by atoms with Crippen LogP contribution >= 0.6 is 0 Å². The van der Waals surface area contributed by atoms with Crippen LogP contribution in [0.15, 0.2) is 67.0 Å². The monoisotopic (exact) mass is 577 g/mol. The molecule has 0 amide bonds. The van der Waals surface area contributed by atoms with Crippen molar-refractivity contribution in [2.45, 2.75) is 45.4 Å². The topological polar surface area (TPSA) is 35.6 Å². The van der Waals surface area contributed by atoms with Crippen molar-refractivity contribution < 1.29 is 21.1 Å². The molecule has 0 atom stereocenters. The number of aromatic nitrogens is 4. The SMILES string of the molecule is CC(C)(C)c1cc[c-]c(-n2ccc(C(C)(C)c3ccn(-c4[c-]cccc4)n3)n2)c1.[Pt+2]. The zero-order chi connectivity index (χ0) is 20.6. The van der Waals surface area contributed by atoms with Crippen molar-refractivity contribution in [1.82, 2.24) is 19.6 Å². The third-order valence-corrected chi connectivity index (χ3v) is 5.30. The van der Waals surface area contributed by atoms with E-state index in [1.54, 1.807) is 0 Å². The standard InChI is InChI=1S/C25H26N4.Pt/c1-24(2,3)19-10-9-13-21(18-19)29-17-15-23(27-29)25(4,5)22-14-16-28(26-22)20-11-7-6-8-12-20;/h6-11,14-18H,1-5H3;/q-2;+2. The van der Waals surface area contributed by atoms with E-state index in [9.17, 15) is 0 Å². The maximum Gasteiger partial charge on any atom is 2.00 e. The van der Waals surface area contributed by atoms with Crippen LogP contribution in [0.2, 0.25) is 0 Å². The van der Waals surface area contributed by atoms with Crippen LogP contribution in [-0.4, -0.2) is 19.6 Å². The molecule has 2 aromatic carbocycles. The summed E-state index contributed by atoms with van der Waals surface area (Å²) >= 11 is 0. The van der Waals surface area contributed by atoms with Crippen LogP contribution in [0, 0.1) is 12.1 Å². The Hall–Kier alpha value is -2.45. The van der Waals surface area contributed by atoms with Gasteiger partial charge in [0.25, 0.3) is 0 Å². The van der Waals surface area contributed by atoms with Crippen LogP contribution in [0.5, 0.6) is 0 Å². The summed E-state index contributed by atoms with van der Waals surface area (Å²) in [5.41, 5.74) is 4.83. The van der Waals surface area contributed by atoms with Gasteiger partial charge in [-0.15, -0.1) is 12.1 Å². The molecule has 0 fully saturated rings. The van der Waals surface area contributed by atoms with Gasteiger partial charge < -0.3 is 0 Å². The van der Waals surface area contributed by atoms with Crippen LogP contribution in [0.25, 0.3) is 11.4 Å². The zero-order valence-electron chi connectivity index (χ0n) is 18.0. The van der Waals surface area contributed by atoms with E-state index < -0.39 is 0 Å². The van der Waals surface area contributed by atoms with Gasteiger partial charge in [0.05, 0.1) is 16.8 Å². The molecule has 156 valence electrons. The van der Waals surface area contributed by atoms with Crippen molar-refractivity contribution in [2.24, 2.45) is 0 Å². The molecule has 0 radical (unpaired) electrons. The number of hydrogen-bond donors (Lipinski definition) is 0. The second-order valence-corrected chi connectivity index (χ2v) is 8.88. The van der Waals surface area contributed by atoms with Gasteiger partial charge in [0.15, 0.2) is 0 Å². The molecular formula is C25H26N4Pt. The fraction of sp³-hybridized carbons (Fsp3) is 0.280. The Bertz CT molecular complexity index is 1120. The van der Waals surface area contributed by atoms with E-state index in [0.29, 0.717) is 0 Å². The van der Waals surface area contributed by atoms with Crippen molar-refractivity contribution in [1.29, 1.82) is 0 Å². The summed E-state index contributed by atoms with van der Waals surface area (Å²) in [6.45, 7) is 10.9. The Morgan fingerprint density at radius 1 is 0.733 bits per heavy atom. The normalized spacial score (nSPS) is 11.9. The Morgan fingerprint density at radius 3 is 1.90 bits per heavy atom. The third-order valence-electron chi connectivity index (χ3n) is 5.30. The fourth-order valence-corrected chi connectivity index (χ4v) is 3.29. The molecule has 0 aliphatic carbocycles. The van der Waals surface area contributed by atoms with Crippen molar-refractivity contribution in [3.05, 3.63) is 96.1 Å². The number of rotatable bonds is 4. The van der Waals surface area contributed by atoms with Crippen LogP contribution in [0.1, 0.15) is 51.6 Å². The summed E-state index contributed by atoms with van der Waals surface area (Å²) in [5.74, 6) is 0. The fourth-order valence-electron chi connectivity index (χ4n) is 3.29. The zero-order valence-corrected chi connectivity index (χ0v) is 20.2. The number of hydrogen-bond acceptors (Lipinski definition) is 2. The predicted octanol–water partition coefficient (Wildman–Crippen LogP) is 5.28. The summed E-state index contributed by atoms with van der Waals surface area (Å²) in [7, 11) is 0. The van der Waals surface area contributed by atoms with E-state index in [2.05, 4.69) is 65.0 Å². The molecule has 0 aliphatic heterocycles. The van der Waals surface area contributed by atoms with E-state index in [-0.39, 0.29) is 31.9 Å². The molecule has 2 aromatic heterocycles. The van der Waals surface area contributed by atoms with Gasteiger partial charge in [-0.2, -0.15) is 58.2 Å². The van der Waals surface area contributed by atoms with Gasteiger partial charge in [-0.05, 0) is 42.8 Å². The summed E-state index contributed by atoms with van der Waals surface area (Å²) in [5, 5.41) is 9.65. The average molecular weight is 578 g/mol. The molecule has 4 nitrogen and oxygen atoms in total. The minimum absolute atomic E-state index is 0. The van der Waals surface area contributed by atoms with Gasteiger partial charge >= 0.3 is 21.1 Å². The first kappa shape index (κ1) is 22.2. The van der Waals surface area contributed by atoms with Gasteiger partial charge in [-0.3, -0.25) is 9.36 Å². The maximum absolute atomic E-state index is 4.86. The quantitative estimate of drug-likeness (QED) is 0.310. The van der Waals surface area contributed by atoms with Crippen LogP contribution in [-0.2, 0) is 31.9 Å². The number of nitrogens with zero attached hydrogens (tertiary/aromatic N) is 4. The summed E-state index contributed by atoms with van der Waals surface area (Å²) in [6, 6.07) is 24.7. The van der Waals surface area contributed by atoms with Crippen molar-refractivity contribution in [2.75, 3.05) is 0 Å². The molecule has 0 N–H and O–H groups in total. The molecule has 0 aliphatic rings. The van der Waals surface area contributed by atoms with Crippen LogP contribution in [0.3, 0.4) is 0 Å². The molecule has 0 unspecified atom stereocenters. The number of para-hydroxylation sites is 1. The molecule has 30 heavy (non-hydrogen) atoms. The second kappa shape index (κ2) is 8.35. The van der Waals surface area contributed by atoms with Crippen LogP contribution < -0.4 is 0 Å². The van der Waals surface area contributed by atoms with Crippen molar-refractivity contribution in [3.63, 3.8) is 0 Å². The average Bonchev–Trinajstić information content (AvgIpc) is 3.39. The minimum Gasteiger partial charge on any atom is -0.265 e. The Morgan fingerprint density at radius 2 is 1.33 bits per heavy atom. The van der Waals surface area contributed by atoms with E-state index in [1.165, 1.54) is 5.56 Å². The molecule has 0 saturated heterocycles. The predicted molar refractivity (Wildman–Crippen MR) is 116 cm³/mol. The van der Waals surface area contributed by atoms with Gasteiger partial charge in [-0.1, -0.05) is 20.8 Å². The largest absolute Gasteiger partial charge is 2.00 e. The van der Waals surface area contributed by atoms with E-state index in [4.69, 9.17) is 10.2 Å². The molecule has 0 bridgehead atoms. The number of benzene rings is 2. The Balaban J connectivity index is 0.00000256. The molecular weight excluding hydrogens is 551 g/mol. The molecule has 0 spiro atoms. The molecule has 2 heterocycles. The van der Waals surface area contributed by atoms with Gasteiger partial charge in [0.2, 0.25) is 0 Å². The van der Waals surface area contributed by atoms with Crippen molar-refractivity contribution in [3.8, 4) is 11.4 Å². The van der Waals surface area contributed by atoms with Gasteiger partial charge in [0, 0.05) is 12.4 Å². The molecule has 0 saturated carbocycles. The summed E-state index contributed by atoms with van der Waals surface area (Å²) in [6.07, 6.45) is 3.97. The van der Waals surface area contributed by atoms with Gasteiger partial charge in [-0.25, -0.2) is 0 Å². The minimum atomic E-state index is -0.326. The molecule has 4 rings (SSSR count). The maximum atomic E-state index is 4.86. The molecule has 5 heteroatoms. The Kier molecular flexibility index (Phi) is 6.19. The molecule has 4 aromatic rings. The van der Waals surface area contributed by atoms with E-state index in [1.807, 2.05) is 58.2 Å². The first-order valence-electron chi connectivity index (χ1n) is 9.87. The Labute approximate surface area is 193 Å². The summed E-state index contributed by atoms with van der Waals surface area (Å²) < 4.78 is 3.75. The first-order chi connectivity index (χ1) is 13.7. The third kappa shape index (κ3) is 4.34. The first-order valence-corrected chi connectivity index (χ1v) is 9.87. The summed E-state index contributed by atoms with van der Waals surface area (Å²) in [4.78, 5) is 0. The smallest absolute Gasteiger partial charge is 0.265 e. The second-order valence-electron chi connectivity index (χ2n) is 8.88. The van der Waals surface area contributed by atoms with Gasteiger partial charge in [0.1, 0.15) is 0 Å². The van der Waals surface area contributed by atoms with E-state index in [0.717, 1.165) is 22.8 Å².